The summed E-state index contributed by atoms with van der Waals surface area (Å²) < 4.78 is 11.5. The Kier molecular flexibility index (Phi) is 2.96. The second-order valence-electron chi connectivity index (χ2n) is 5.18. The van der Waals surface area contributed by atoms with Gasteiger partial charge in [-0.05, 0) is 43.5 Å². The molecule has 1 spiro atoms. The SMILES string of the molecule is Cc1cc(C2=CCC3(CC2)OCCO3)cc(C)n1. The lowest BCUT2D eigenvalue weighted by Crippen LogP contribution is -2.31. The third-order valence-electron chi connectivity index (χ3n) is 3.70. The van der Waals surface area contributed by atoms with E-state index in [-0.39, 0.29) is 5.79 Å². The lowest BCUT2D eigenvalue weighted by Gasteiger charge is -2.30. The van der Waals surface area contributed by atoms with Gasteiger partial charge in [-0.3, -0.25) is 4.98 Å². The minimum atomic E-state index is -0.319. The van der Waals surface area contributed by atoms with Gasteiger partial charge in [-0.25, -0.2) is 0 Å². The molecule has 0 unspecified atom stereocenters. The molecule has 3 nitrogen and oxygen atoms in total. The maximum atomic E-state index is 5.73. The van der Waals surface area contributed by atoms with Gasteiger partial charge >= 0.3 is 0 Å². The molecule has 0 radical (unpaired) electrons. The van der Waals surface area contributed by atoms with Gasteiger partial charge in [-0.15, -0.1) is 0 Å². The van der Waals surface area contributed by atoms with E-state index < -0.39 is 0 Å². The monoisotopic (exact) mass is 245 g/mol. The number of aromatic nitrogens is 1. The Morgan fingerprint density at radius 2 is 1.78 bits per heavy atom. The molecule has 1 fully saturated rings. The molecule has 1 aromatic heterocycles. The van der Waals surface area contributed by atoms with E-state index in [1.807, 2.05) is 13.8 Å². The zero-order valence-electron chi connectivity index (χ0n) is 11.0. The summed E-state index contributed by atoms with van der Waals surface area (Å²) in [5.41, 5.74) is 4.86. The smallest absolute Gasteiger partial charge is 0.172 e. The van der Waals surface area contributed by atoms with Crippen molar-refractivity contribution in [2.24, 2.45) is 0 Å². The van der Waals surface area contributed by atoms with E-state index in [9.17, 15) is 0 Å². The van der Waals surface area contributed by atoms with Gasteiger partial charge < -0.3 is 9.47 Å². The first-order valence-electron chi connectivity index (χ1n) is 6.60. The largest absolute Gasteiger partial charge is 0.347 e. The highest BCUT2D eigenvalue weighted by Gasteiger charge is 2.37. The van der Waals surface area contributed by atoms with Crippen molar-refractivity contribution in [3.63, 3.8) is 0 Å². The third-order valence-corrected chi connectivity index (χ3v) is 3.70. The van der Waals surface area contributed by atoms with Gasteiger partial charge in [0.15, 0.2) is 5.79 Å². The van der Waals surface area contributed by atoms with Gasteiger partial charge in [0.2, 0.25) is 0 Å². The molecule has 2 aliphatic rings. The van der Waals surface area contributed by atoms with Gasteiger partial charge in [0.05, 0.1) is 13.2 Å². The van der Waals surface area contributed by atoms with Crippen molar-refractivity contribution in [2.75, 3.05) is 13.2 Å². The average molecular weight is 245 g/mol. The van der Waals surface area contributed by atoms with Crippen molar-refractivity contribution in [1.29, 1.82) is 0 Å². The summed E-state index contributed by atoms with van der Waals surface area (Å²) in [7, 11) is 0. The molecule has 0 bridgehead atoms. The Hall–Kier alpha value is -1.19. The fourth-order valence-electron chi connectivity index (χ4n) is 2.85. The van der Waals surface area contributed by atoms with Crippen LogP contribution in [0.1, 0.15) is 36.2 Å². The lowest BCUT2D eigenvalue weighted by atomic mass is 9.89. The number of hydrogen-bond acceptors (Lipinski definition) is 3. The van der Waals surface area contributed by atoms with Crippen LogP contribution in [-0.2, 0) is 9.47 Å². The Balaban J connectivity index is 1.83. The molecule has 0 N–H and O–H groups in total. The highest BCUT2D eigenvalue weighted by atomic mass is 16.7. The molecule has 96 valence electrons. The van der Waals surface area contributed by atoms with Crippen LogP contribution in [0, 0.1) is 13.8 Å². The maximum absolute atomic E-state index is 5.73. The zero-order chi connectivity index (χ0) is 12.6. The van der Waals surface area contributed by atoms with Gasteiger partial charge in [-0.2, -0.15) is 0 Å². The number of nitrogens with zero attached hydrogens (tertiary/aromatic N) is 1. The topological polar surface area (TPSA) is 31.4 Å². The second-order valence-corrected chi connectivity index (χ2v) is 5.18. The molecule has 1 aliphatic carbocycles. The molecule has 18 heavy (non-hydrogen) atoms. The highest BCUT2D eigenvalue weighted by Crippen LogP contribution is 2.38. The van der Waals surface area contributed by atoms with Crippen LogP contribution in [-0.4, -0.2) is 24.0 Å². The molecule has 2 heterocycles. The maximum Gasteiger partial charge on any atom is 0.172 e. The normalized spacial score (nSPS) is 22.2. The van der Waals surface area contributed by atoms with Crippen molar-refractivity contribution in [1.82, 2.24) is 4.98 Å². The molecule has 1 saturated heterocycles. The summed E-state index contributed by atoms with van der Waals surface area (Å²) >= 11 is 0. The standard InChI is InChI=1S/C15H19NO2/c1-11-9-14(10-12(2)16-11)13-3-5-15(6-4-13)17-7-8-18-15/h3,9-10H,4-8H2,1-2H3. The summed E-state index contributed by atoms with van der Waals surface area (Å²) in [4.78, 5) is 4.42. The molecular weight excluding hydrogens is 226 g/mol. The molecule has 3 heteroatoms. The lowest BCUT2D eigenvalue weighted by molar-refractivity contribution is -0.159. The van der Waals surface area contributed by atoms with Crippen molar-refractivity contribution >= 4 is 5.57 Å². The molecule has 1 aliphatic heterocycles. The minimum Gasteiger partial charge on any atom is -0.347 e. The number of rotatable bonds is 1. The van der Waals surface area contributed by atoms with E-state index in [4.69, 9.17) is 9.47 Å². The Morgan fingerprint density at radius 1 is 1.11 bits per heavy atom. The van der Waals surface area contributed by atoms with Crippen LogP contribution in [0.4, 0.5) is 0 Å². The predicted octanol–water partition coefficient (Wildman–Crippen LogP) is 3.01. The Bertz CT molecular complexity index is 467. The van der Waals surface area contributed by atoms with E-state index in [0.29, 0.717) is 0 Å². The van der Waals surface area contributed by atoms with E-state index in [2.05, 4.69) is 23.2 Å². The number of ether oxygens (including phenoxy) is 2. The fraction of sp³-hybridized carbons (Fsp3) is 0.533. The number of hydrogen-bond donors (Lipinski definition) is 0. The molecule has 0 atom stereocenters. The van der Waals surface area contributed by atoms with Crippen LogP contribution in [0.15, 0.2) is 18.2 Å². The first-order valence-corrected chi connectivity index (χ1v) is 6.60. The molecule has 0 aromatic carbocycles. The summed E-state index contributed by atoms with van der Waals surface area (Å²) in [5.74, 6) is -0.319. The first-order chi connectivity index (χ1) is 8.67. The Labute approximate surface area is 108 Å². The van der Waals surface area contributed by atoms with Gasteiger partial charge in [0.1, 0.15) is 0 Å². The van der Waals surface area contributed by atoms with Crippen molar-refractivity contribution in [2.45, 2.75) is 38.9 Å². The molecule has 0 amide bonds. The number of pyridine rings is 1. The van der Waals surface area contributed by atoms with Crippen LogP contribution in [0.3, 0.4) is 0 Å². The molecule has 1 aromatic rings. The van der Waals surface area contributed by atoms with Crippen LogP contribution in [0.5, 0.6) is 0 Å². The van der Waals surface area contributed by atoms with Crippen molar-refractivity contribution in [3.05, 3.63) is 35.2 Å². The zero-order valence-corrected chi connectivity index (χ0v) is 11.0. The minimum absolute atomic E-state index is 0.319. The quantitative estimate of drug-likeness (QED) is 0.762. The van der Waals surface area contributed by atoms with Crippen molar-refractivity contribution in [3.8, 4) is 0 Å². The van der Waals surface area contributed by atoms with Crippen LogP contribution >= 0.6 is 0 Å². The number of allylic oxidation sites excluding steroid dienone is 1. The number of aryl methyl sites for hydroxylation is 2. The van der Waals surface area contributed by atoms with Crippen molar-refractivity contribution < 1.29 is 9.47 Å². The molecular formula is C15H19NO2. The van der Waals surface area contributed by atoms with Gasteiger partial charge in [0, 0.05) is 24.2 Å². The fourth-order valence-corrected chi connectivity index (χ4v) is 2.85. The van der Waals surface area contributed by atoms with Crippen LogP contribution in [0.25, 0.3) is 5.57 Å². The van der Waals surface area contributed by atoms with Crippen LogP contribution in [0.2, 0.25) is 0 Å². The second kappa shape index (κ2) is 4.48. The predicted molar refractivity (Wildman–Crippen MR) is 70.2 cm³/mol. The van der Waals surface area contributed by atoms with Crippen LogP contribution < -0.4 is 0 Å². The molecule has 0 saturated carbocycles. The van der Waals surface area contributed by atoms with Gasteiger partial charge in [-0.1, -0.05) is 6.08 Å². The van der Waals surface area contributed by atoms with Gasteiger partial charge in [0.25, 0.3) is 0 Å². The summed E-state index contributed by atoms with van der Waals surface area (Å²) in [5, 5.41) is 0. The summed E-state index contributed by atoms with van der Waals surface area (Å²) in [6, 6.07) is 4.32. The Morgan fingerprint density at radius 3 is 2.33 bits per heavy atom. The molecule has 3 rings (SSSR count). The average Bonchev–Trinajstić information content (AvgIpc) is 2.77. The highest BCUT2D eigenvalue weighted by molar-refractivity contribution is 5.67. The van der Waals surface area contributed by atoms with E-state index >= 15 is 0 Å². The first kappa shape index (κ1) is 11.9. The summed E-state index contributed by atoms with van der Waals surface area (Å²) in [6.45, 7) is 5.56. The van der Waals surface area contributed by atoms with E-state index in [1.54, 1.807) is 0 Å². The van der Waals surface area contributed by atoms with E-state index in [0.717, 1.165) is 43.9 Å². The third kappa shape index (κ3) is 2.20. The summed E-state index contributed by atoms with van der Waals surface area (Å²) in [6.07, 6.45) is 5.11. The van der Waals surface area contributed by atoms with E-state index in [1.165, 1.54) is 11.1 Å².